The molecule has 4 rings (SSSR count). The molecule has 11 nitrogen and oxygen atoms in total. The predicted molar refractivity (Wildman–Crippen MR) is 114 cm³/mol. The summed E-state index contributed by atoms with van der Waals surface area (Å²) in [5, 5.41) is 29.0. The van der Waals surface area contributed by atoms with E-state index in [2.05, 4.69) is 4.98 Å². The van der Waals surface area contributed by atoms with Crippen LogP contribution in [-0.2, 0) is 35.4 Å². The van der Waals surface area contributed by atoms with Gasteiger partial charge in [0.2, 0.25) is 0 Å². The van der Waals surface area contributed by atoms with Crippen LogP contribution >= 0.6 is 0 Å². The third-order valence-corrected chi connectivity index (χ3v) is 8.63. The number of esters is 1. The number of hydrogen-bond donors (Lipinski definition) is 2. The van der Waals surface area contributed by atoms with Crippen molar-refractivity contribution >= 4 is 33.8 Å². The van der Waals surface area contributed by atoms with Gasteiger partial charge in [-0.15, -0.1) is 0 Å². The van der Waals surface area contributed by atoms with Crippen LogP contribution in [0.25, 0.3) is 6.08 Å². The van der Waals surface area contributed by atoms with Gasteiger partial charge >= 0.3 is 41.5 Å². The number of aromatic nitrogens is 1. The van der Waals surface area contributed by atoms with Crippen LogP contribution in [-0.4, -0.2) is 69.1 Å². The summed E-state index contributed by atoms with van der Waals surface area (Å²) in [6.07, 6.45) is 2.37. The third-order valence-electron chi connectivity index (χ3n) is 5.92. The van der Waals surface area contributed by atoms with E-state index in [-0.39, 0.29) is 40.7 Å². The van der Waals surface area contributed by atoms with E-state index in [9.17, 15) is 38.1 Å². The van der Waals surface area contributed by atoms with Crippen molar-refractivity contribution in [1.29, 1.82) is 0 Å². The van der Waals surface area contributed by atoms with Crippen molar-refractivity contribution in [3.8, 4) is 11.5 Å². The number of rotatable bonds is 6. The van der Waals surface area contributed by atoms with Crippen LogP contribution in [0.5, 0.6) is 11.5 Å². The van der Waals surface area contributed by atoms with Gasteiger partial charge in [0.25, 0.3) is 5.91 Å². The number of phenolic OH excluding ortho intramolecular Hbond substituents is 1. The molecule has 2 fully saturated rings. The molecule has 0 spiro atoms. The fourth-order valence-electron chi connectivity index (χ4n) is 4.13. The summed E-state index contributed by atoms with van der Waals surface area (Å²) in [5.74, 6) is -4.39. The minimum Gasteiger partial charge on any atom is -0.870 e. The Morgan fingerprint density at radius 3 is 2.60 bits per heavy atom. The Morgan fingerprint density at radius 1 is 1.29 bits per heavy atom. The number of amides is 1. The van der Waals surface area contributed by atoms with Gasteiger partial charge in [0.05, 0.1) is 17.7 Å². The Labute approximate surface area is 222 Å². The van der Waals surface area contributed by atoms with Crippen molar-refractivity contribution in [2.45, 2.75) is 29.5 Å². The molecule has 1 aromatic carbocycles. The normalized spacial score (nSPS) is 25.3. The van der Waals surface area contributed by atoms with E-state index < -0.39 is 68.4 Å². The Bertz CT molecular complexity index is 1330. The first-order valence-electron chi connectivity index (χ1n) is 10.0. The summed E-state index contributed by atoms with van der Waals surface area (Å²) in [4.78, 5) is 41.9. The van der Waals surface area contributed by atoms with Crippen molar-refractivity contribution in [2.24, 2.45) is 0 Å². The molecule has 3 atom stereocenters. The topological polar surface area (TPSA) is 174 Å². The van der Waals surface area contributed by atoms with Crippen molar-refractivity contribution < 1.29 is 72.4 Å². The van der Waals surface area contributed by atoms with Crippen molar-refractivity contribution in [3.05, 3.63) is 59.4 Å². The number of carboxylic acids is 1. The number of carbonyl (C=O) groups excluding carboxylic acids is 2. The van der Waals surface area contributed by atoms with Crippen LogP contribution < -0.4 is 34.7 Å². The molecule has 0 aliphatic carbocycles. The van der Waals surface area contributed by atoms with E-state index in [1.807, 2.05) is 0 Å². The van der Waals surface area contributed by atoms with Crippen molar-refractivity contribution in [3.63, 3.8) is 0 Å². The summed E-state index contributed by atoms with van der Waals surface area (Å²) in [5.41, 5.74) is 0.462. The first-order chi connectivity index (χ1) is 16.0. The monoisotopic (exact) mass is 510 g/mol. The third kappa shape index (κ3) is 4.42. The molecule has 2 N–H and O–H groups in total. The zero-order chi connectivity index (χ0) is 24.8. The number of hydrogen-bond acceptors (Lipinski definition) is 9. The molecule has 0 bridgehead atoms. The first-order valence-corrected chi connectivity index (χ1v) is 11.6. The van der Waals surface area contributed by atoms with Crippen LogP contribution in [0.1, 0.15) is 18.2 Å². The standard InChI is InChI=1S/C22H20N2O9S.Na/c1-22(11-33-17(27)9-12-5-6-15(25)16(26)8-12)18(21(29)30)24-19(28)14(20(24)34(22,31)32)10-13-4-2-3-7-23-13;/h2-8,10,18,20,25-26H,9,11H2,1H3,(H,29,30);/q;+1/p-1/b14-10+;/t18-,20+,22-;/m0./s1. The number of pyridine rings is 1. The number of β-lactam (4-membered cyclic amide) rings is 1. The number of sulfone groups is 1. The number of benzene rings is 1. The summed E-state index contributed by atoms with van der Waals surface area (Å²) >= 11 is 0. The quantitative estimate of drug-likeness (QED) is 0.175. The average molecular weight is 510 g/mol. The van der Waals surface area contributed by atoms with E-state index in [0.717, 1.165) is 24.0 Å². The molecule has 1 amide bonds. The SMILES string of the molecule is C[C@]1(COC(=O)Cc2ccc([O-])c(O)c2)[C@H](C(=O)O)N2C(=O)/C(=C\c3ccccn3)[C@H]2S1(=O)=O.[Na+]. The molecule has 2 saturated heterocycles. The number of nitrogens with zero attached hydrogens (tertiary/aromatic N) is 2. The summed E-state index contributed by atoms with van der Waals surface area (Å²) in [6.45, 7) is 0.310. The minimum absolute atomic E-state index is 0. The van der Waals surface area contributed by atoms with Crippen LogP contribution in [0.15, 0.2) is 48.2 Å². The number of aliphatic carboxylic acids is 1. The van der Waals surface area contributed by atoms with Gasteiger partial charge in [-0.3, -0.25) is 14.6 Å². The maximum atomic E-state index is 13.4. The molecular weight excluding hydrogens is 491 g/mol. The number of ether oxygens (including phenoxy) is 1. The van der Waals surface area contributed by atoms with E-state index in [4.69, 9.17) is 4.74 Å². The largest absolute Gasteiger partial charge is 1.00 e. The van der Waals surface area contributed by atoms with Crippen molar-refractivity contribution in [2.75, 3.05) is 6.61 Å². The van der Waals surface area contributed by atoms with Gasteiger partial charge in [-0.05, 0) is 36.8 Å². The van der Waals surface area contributed by atoms with Crippen LogP contribution in [0.2, 0.25) is 0 Å². The fraction of sp³-hybridized carbons (Fsp3) is 0.273. The first kappa shape index (κ1) is 26.7. The second-order valence-corrected chi connectivity index (χ2v) is 10.6. The summed E-state index contributed by atoms with van der Waals surface area (Å²) < 4.78 is 29.8. The van der Waals surface area contributed by atoms with E-state index in [0.29, 0.717) is 5.69 Å². The number of carboxylic acid groups (broad SMARTS) is 1. The molecule has 0 radical (unpaired) electrons. The molecule has 2 aliphatic heterocycles. The number of aromatic hydroxyl groups is 1. The molecule has 3 heterocycles. The average Bonchev–Trinajstić information content (AvgIpc) is 2.95. The van der Waals surface area contributed by atoms with E-state index in [1.165, 1.54) is 18.3 Å². The number of phenols is 1. The fourth-order valence-corrected chi connectivity index (χ4v) is 6.41. The van der Waals surface area contributed by atoms with Gasteiger partial charge < -0.3 is 25.0 Å². The van der Waals surface area contributed by atoms with Gasteiger partial charge in [-0.25, -0.2) is 13.2 Å². The Morgan fingerprint density at radius 2 is 2.00 bits per heavy atom. The number of fused-ring (bicyclic) bond motifs is 1. The molecule has 0 saturated carbocycles. The maximum absolute atomic E-state index is 13.4. The molecule has 1 aromatic heterocycles. The minimum atomic E-state index is -4.34. The van der Waals surface area contributed by atoms with Crippen LogP contribution in [0.4, 0.5) is 0 Å². The molecular formula is C22H19N2NaO9S. The van der Waals surface area contributed by atoms with Gasteiger partial charge in [0.15, 0.2) is 21.3 Å². The van der Waals surface area contributed by atoms with Gasteiger partial charge in [-0.1, -0.05) is 23.9 Å². The molecule has 13 heteroatoms. The predicted octanol–water partition coefficient (Wildman–Crippen LogP) is -3.16. The second kappa shape index (κ2) is 9.61. The van der Waals surface area contributed by atoms with E-state index >= 15 is 0 Å². The molecule has 178 valence electrons. The van der Waals surface area contributed by atoms with Gasteiger partial charge in [0.1, 0.15) is 17.1 Å². The number of carbonyl (C=O) groups is 3. The summed E-state index contributed by atoms with van der Waals surface area (Å²) in [7, 11) is -4.34. The molecule has 0 unspecified atom stereocenters. The molecule has 2 aromatic rings. The van der Waals surface area contributed by atoms with Gasteiger partial charge in [-0.2, -0.15) is 0 Å². The van der Waals surface area contributed by atoms with E-state index in [1.54, 1.807) is 18.2 Å². The molecule has 2 aliphatic rings. The second-order valence-electron chi connectivity index (χ2n) is 8.16. The zero-order valence-corrected chi connectivity index (χ0v) is 21.6. The maximum Gasteiger partial charge on any atom is 1.00 e. The van der Waals surface area contributed by atoms with Crippen LogP contribution in [0, 0.1) is 0 Å². The van der Waals surface area contributed by atoms with Crippen molar-refractivity contribution in [1.82, 2.24) is 9.88 Å². The summed E-state index contributed by atoms with van der Waals surface area (Å²) in [6, 6.07) is 6.54. The Hall–Kier alpha value is -2.93. The molecule has 35 heavy (non-hydrogen) atoms. The smallest absolute Gasteiger partial charge is 0.870 e. The zero-order valence-electron chi connectivity index (χ0n) is 18.7. The Kier molecular flexibility index (Phi) is 7.32. The Balaban J connectivity index is 0.00000342. The van der Waals surface area contributed by atoms with Crippen LogP contribution in [0.3, 0.4) is 0 Å². The van der Waals surface area contributed by atoms with Gasteiger partial charge in [0, 0.05) is 6.20 Å².